The first-order valence-corrected chi connectivity index (χ1v) is 5.40. The van der Waals surface area contributed by atoms with Gasteiger partial charge in [0.25, 0.3) is 5.91 Å². The largest absolute Gasteiger partial charge is 0.361 e. The SMILES string of the molecule is C#CC(C)(C)NC(=O)c1cccc2[nH]ccc12. The molecular formula is C14H14N2O. The lowest BCUT2D eigenvalue weighted by molar-refractivity contribution is 0.0931. The first kappa shape index (κ1) is 11.3. The van der Waals surface area contributed by atoms with Crippen molar-refractivity contribution in [2.45, 2.75) is 19.4 Å². The fraction of sp³-hybridized carbons (Fsp3) is 0.214. The van der Waals surface area contributed by atoms with Crippen molar-refractivity contribution < 1.29 is 4.79 Å². The summed E-state index contributed by atoms with van der Waals surface area (Å²) in [6.07, 6.45) is 7.17. The number of aromatic amines is 1. The van der Waals surface area contributed by atoms with Crippen LogP contribution in [0.3, 0.4) is 0 Å². The third-order valence-electron chi connectivity index (χ3n) is 2.63. The number of fused-ring (bicyclic) bond motifs is 1. The second-order valence-corrected chi connectivity index (χ2v) is 4.47. The van der Waals surface area contributed by atoms with E-state index in [1.54, 1.807) is 19.9 Å². The van der Waals surface area contributed by atoms with Gasteiger partial charge in [0.2, 0.25) is 0 Å². The molecule has 0 radical (unpaired) electrons. The summed E-state index contributed by atoms with van der Waals surface area (Å²) >= 11 is 0. The normalized spacial score (nSPS) is 11.1. The summed E-state index contributed by atoms with van der Waals surface area (Å²) in [4.78, 5) is 15.2. The average molecular weight is 226 g/mol. The zero-order valence-electron chi connectivity index (χ0n) is 9.87. The lowest BCUT2D eigenvalue weighted by Gasteiger charge is -2.19. The van der Waals surface area contributed by atoms with Gasteiger partial charge in [-0.1, -0.05) is 12.0 Å². The Balaban J connectivity index is 2.38. The highest BCUT2D eigenvalue weighted by atomic mass is 16.1. The van der Waals surface area contributed by atoms with Gasteiger partial charge in [-0.25, -0.2) is 0 Å². The van der Waals surface area contributed by atoms with E-state index in [-0.39, 0.29) is 5.91 Å². The van der Waals surface area contributed by atoms with Crippen molar-refractivity contribution in [3.63, 3.8) is 0 Å². The average Bonchev–Trinajstić information content (AvgIpc) is 2.76. The summed E-state index contributed by atoms with van der Waals surface area (Å²) in [5.41, 5.74) is 0.929. The molecule has 2 aromatic rings. The van der Waals surface area contributed by atoms with E-state index >= 15 is 0 Å². The number of carbonyl (C=O) groups is 1. The Hall–Kier alpha value is -2.21. The molecular weight excluding hydrogens is 212 g/mol. The van der Waals surface area contributed by atoms with Crippen molar-refractivity contribution in [2.75, 3.05) is 0 Å². The second kappa shape index (κ2) is 3.99. The number of carbonyl (C=O) groups excluding carboxylic acids is 1. The Morgan fingerprint density at radius 2 is 2.18 bits per heavy atom. The second-order valence-electron chi connectivity index (χ2n) is 4.47. The molecule has 0 fully saturated rings. The van der Waals surface area contributed by atoms with Crippen LogP contribution >= 0.6 is 0 Å². The van der Waals surface area contributed by atoms with Gasteiger partial charge in [-0.2, -0.15) is 0 Å². The number of hydrogen-bond acceptors (Lipinski definition) is 1. The molecule has 0 spiro atoms. The third-order valence-corrected chi connectivity index (χ3v) is 2.63. The number of terminal acetylenes is 1. The van der Waals surface area contributed by atoms with Crippen LogP contribution in [0.1, 0.15) is 24.2 Å². The minimum atomic E-state index is -0.643. The zero-order valence-corrected chi connectivity index (χ0v) is 9.87. The monoisotopic (exact) mass is 226 g/mol. The predicted octanol–water partition coefficient (Wildman–Crippen LogP) is 2.31. The van der Waals surface area contributed by atoms with E-state index in [1.807, 2.05) is 24.4 Å². The van der Waals surface area contributed by atoms with Crippen molar-refractivity contribution >= 4 is 16.8 Å². The summed E-state index contributed by atoms with van der Waals surface area (Å²) in [6.45, 7) is 3.59. The number of hydrogen-bond donors (Lipinski definition) is 2. The number of H-pyrrole nitrogens is 1. The number of amides is 1. The van der Waals surface area contributed by atoms with E-state index in [2.05, 4.69) is 16.2 Å². The van der Waals surface area contributed by atoms with Crippen LogP contribution in [-0.2, 0) is 0 Å². The lowest BCUT2D eigenvalue weighted by Crippen LogP contribution is -2.42. The molecule has 0 atom stereocenters. The first-order chi connectivity index (χ1) is 8.03. The Morgan fingerprint density at radius 1 is 1.41 bits per heavy atom. The Labute approximate surface area is 100 Å². The van der Waals surface area contributed by atoms with Gasteiger partial charge in [-0.05, 0) is 32.0 Å². The summed E-state index contributed by atoms with van der Waals surface area (Å²) in [7, 11) is 0. The molecule has 1 aromatic heterocycles. The van der Waals surface area contributed by atoms with Crippen molar-refractivity contribution in [1.82, 2.24) is 10.3 Å². The highest BCUT2D eigenvalue weighted by Gasteiger charge is 2.19. The molecule has 86 valence electrons. The Morgan fingerprint density at radius 3 is 2.88 bits per heavy atom. The number of nitrogens with one attached hydrogen (secondary N) is 2. The highest BCUT2D eigenvalue weighted by Crippen LogP contribution is 2.17. The van der Waals surface area contributed by atoms with E-state index in [1.165, 1.54) is 0 Å². The van der Waals surface area contributed by atoms with Gasteiger partial charge in [0.05, 0.1) is 5.54 Å². The number of benzene rings is 1. The fourth-order valence-electron chi connectivity index (χ4n) is 1.67. The maximum atomic E-state index is 12.1. The van der Waals surface area contributed by atoms with Crippen molar-refractivity contribution in [3.05, 3.63) is 36.0 Å². The van der Waals surface area contributed by atoms with Gasteiger partial charge in [0, 0.05) is 22.7 Å². The smallest absolute Gasteiger partial charge is 0.253 e. The molecule has 1 aromatic carbocycles. The van der Waals surface area contributed by atoms with Gasteiger partial charge < -0.3 is 10.3 Å². The Kier molecular flexibility index (Phi) is 2.64. The molecule has 0 unspecified atom stereocenters. The predicted molar refractivity (Wildman–Crippen MR) is 68.7 cm³/mol. The maximum absolute atomic E-state index is 12.1. The standard InChI is InChI=1S/C14H14N2O/c1-4-14(2,3)16-13(17)11-6-5-7-12-10(11)8-9-15-12/h1,5-9,15H,2-3H3,(H,16,17). The number of rotatable bonds is 2. The van der Waals surface area contributed by atoms with Crippen LogP contribution in [0.25, 0.3) is 10.9 Å². The molecule has 0 bridgehead atoms. The molecule has 0 aliphatic heterocycles. The molecule has 1 heterocycles. The van der Waals surface area contributed by atoms with E-state index in [4.69, 9.17) is 6.42 Å². The van der Waals surface area contributed by atoms with Gasteiger partial charge in [-0.3, -0.25) is 4.79 Å². The van der Waals surface area contributed by atoms with Crippen molar-refractivity contribution in [3.8, 4) is 12.3 Å². The van der Waals surface area contributed by atoms with E-state index < -0.39 is 5.54 Å². The maximum Gasteiger partial charge on any atom is 0.253 e. The Bertz CT molecular complexity index is 602. The van der Waals surface area contributed by atoms with E-state index in [0.717, 1.165) is 10.9 Å². The van der Waals surface area contributed by atoms with Gasteiger partial charge >= 0.3 is 0 Å². The summed E-state index contributed by atoms with van der Waals surface area (Å²) in [5.74, 6) is 2.39. The van der Waals surface area contributed by atoms with Crippen molar-refractivity contribution in [2.24, 2.45) is 0 Å². The molecule has 0 aliphatic carbocycles. The van der Waals surface area contributed by atoms with E-state index in [9.17, 15) is 4.79 Å². The minimum absolute atomic E-state index is 0.154. The summed E-state index contributed by atoms with van der Waals surface area (Å²) in [5, 5.41) is 3.72. The highest BCUT2D eigenvalue weighted by molar-refractivity contribution is 6.06. The van der Waals surface area contributed by atoms with Gasteiger partial charge in [0.15, 0.2) is 0 Å². The van der Waals surface area contributed by atoms with Crippen LogP contribution in [-0.4, -0.2) is 16.4 Å². The molecule has 1 amide bonds. The van der Waals surface area contributed by atoms with Crippen LogP contribution in [0.2, 0.25) is 0 Å². The van der Waals surface area contributed by atoms with E-state index in [0.29, 0.717) is 5.56 Å². The first-order valence-electron chi connectivity index (χ1n) is 5.40. The number of aromatic nitrogens is 1. The van der Waals surface area contributed by atoms with Gasteiger partial charge in [-0.15, -0.1) is 6.42 Å². The van der Waals surface area contributed by atoms with Gasteiger partial charge in [0.1, 0.15) is 0 Å². The molecule has 0 aliphatic rings. The minimum Gasteiger partial charge on any atom is -0.361 e. The fourth-order valence-corrected chi connectivity index (χ4v) is 1.67. The zero-order chi connectivity index (χ0) is 12.5. The molecule has 17 heavy (non-hydrogen) atoms. The van der Waals surface area contributed by atoms with Crippen LogP contribution in [0.15, 0.2) is 30.5 Å². The van der Waals surface area contributed by atoms with Crippen LogP contribution in [0, 0.1) is 12.3 Å². The van der Waals surface area contributed by atoms with Crippen molar-refractivity contribution in [1.29, 1.82) is 0 Å². The third kappa shape index (κ3) is 2.16. The topological polar surface area (TPSA) is 44.9 Å². The summed E-state index contributed by atoms with van der Waals surface area (Å²) < 4.78 is 0. The molecule has 3 nitrogen and oxygen atoms in total. The van der Waals surface area contributed by atoms with Crippen LogP contribution in [0.4, 0.5) is 0 Å². The van der Waals surface area contributed by atoms with Crippen LogP contribution in [0.5, 0.6) is 0 Å². The van der Waals surface area contributed by atoms with Crippen LogP contribution < -0.4 is 5.32 Å². The summed E-state index contributed by atoms with van der Waals surface area (Å²) in [6, 6.07) is 7.44. The quantitative estimate of drug-likeness (QED) is 0.758. The molecule has 2 rings (SSSR count). The molecule has 3 heteroatoms. The molecule has 0 saturated carbocycles. The molecule has 2 N–H and O–H groups in total. The molecule has 0 saturated heterocycles. The lowest BCUT2D eigenvalue weighted by atomic mass is 10.0.